The van der Waals surface area contributed by atoms with Crippen LogP contribution in [0.1, 0.15) is 20.7 Å². The van der Waals surface area contributed by atoms with Crippen LogP contribution in [0.3, 0.4) is 0 Å². The van der Waals surface area contributed by atoms with Gasteiger partial charge in [0.15, 0.2) is 5.75 Å². The van der Waals surface area contributed by atoms with Gasteiger partial charge in [0, 0.05) is 23.7 Å². The first-order valence-corrected chi connectivity index (χ1v) is 7.05. The molecule has 0 unspecified atom stereocenters. The summed E-state index contributed by atoms with van der Waals surface area (Å²) in [5.41, 5.74) is -0.785. The highest BCUT2D eigenvalue weighted by atomic mass is 16.6. The molecule has 0 fully saturated rings. The van der Waals surface area contributed by atoms with Crippen molar-refractivity contribution in [2.24, 2.45) is 0 Å². The standard InChI is InChI=1S/C17H10N2O6/c20-16(21)12-7-6-11(19(23)24)9-13(12)17(22)25-14-5-1-3-10-4-2-8-18-15(10)14/h1-9H,(H,20,21). The molecular formula is C17H10N2O6. The second-order valence-corrected chi connectivity index (χ2v) is 5.01. The molecule has 0 aliphatic carbocycles. The number of carbonyl (C=O) groups excluding carboxylic acids is 1. The number of pyridine rings is 1. The number of ether oxygens (including phenoxy) is 1. The molecule has 0 saturated carbocycles. The van der Waals surface area contributed by atoms with E-state index in [-0.39, 0.29) is 11.3 Å². The van der Waals surface area contributed by atoms with Crippen molar-refractivity contribution in [3.05, 3.63) is 76.0 Å². The molecule has 25 heavy (non-hydrogen) atoms. The number of nitro benzene ring substituents is 1. The van der Waals surface area contributed by atoms with Crippen LogP contribution in [0.25, 0.3) is 10.9 Å². The summed E-state index contributed by atoms with van der Waals surface area (Å²) in [5, 5.41) is 20.8. The number of carbonyl (C=O) groups is 2. The van der Waals surface area contributed by atoms with Gasteiger partial charge in [-0.3, -0.25) is 15.1 Å². The number of nitro groups is 1. The highest BCUT2D eigenvalue weighted by molar-refractivity contribution is 6.04. The van der Waals surface area contributed by atoms with Gasteiger partial charge in [0.2, 0.25) is 0 Å². The molecule has 0 saturated heterocycles. The molecule has 124 valence electrons. The summed E-state index contributed by atoms with van der Waals surface area (Å²) in [7, 11) is 0. The first-order chi connectivity index (χ1) is 12.0. The van der Waals surface area contributed by atoms with Crippen LogP contribution >= 0.6 is 0 Å². The molecule has 1 heterocycles. The van der Waals surface area contributed by atoms with Crippen LogP contribution in [0, 0.1) is 10.1 Å². The number of fused-ring (bicyclic) bond motifs is 1. The Labute approximate surface area is 140 Å². The Hall–Kier alpha value is -3.81. The van der Waals surface area contributed by atoms with Crippen LogP contribution in [0.5, 0.6) is 5.75 Å². The van der Waals surface area contributed by atoms with E-state index in [1.165, 1.54) is 12.3 Å². The maximum Gasteiger partial charge on any atom is 0.344 e. The van der Waals surface area contributed by atoms with Gasteiger partial charge in [-0.15, -0.1) is 0 Å². The second-order valence-electron chi connectivity index (χ2n) is 5.01. The zero-order valence-electron chi connectivity index (χ0n) is 12.6. The number of hydrogen-bond donors (Lipinski definition) is 1. The van der Waals surface area contributed by atoms with Crippen molar-refractivity contribution in [2.45, 2.75) is 0 Å². The number of rotatable bonds is 4. The maximum atomic E-state index is 12.4. The fourth-order valence-corrected chi connectivity index (χ4v) is 2.31. The number of carboxylic acid groups (broad SMARTS) is 1. The summed E-state index contributed by atoms with van der Waals surface area (Å²) >= 11 is 0. The summed E-state index contributed by atoms with van der Waals surface area (Å²) < 4.78 is 5.25. The second kappa shape index (κ2) is 6.36. The third-order valence-electron chi connectivity index (χ3n) is 3.46. The lowest BCUT2D eigenvalue weighted by atomic mass is 10.1. The van der Waals surface area contributed by atoms with E-state index in [1.807, 2.05) is 0 Å². The number of aromatic carboxylic acids is 1. The van der Waals surface area contributed by atoms with Crippen molar-refractivity contribution in [3.63, 3.8) is 0 Å². The zero-order valence-corrected chi connectivity index (χ0v) is 12.6. The minimum atomic E-state index is -1.39. The van der Waals surface area contributed by atoms with Crippen molar-refractivity contribution in [2.75, 3.05) is 0 Å². The van der Waals surface area contributed by atoms with E-state index in [0.29, 0.717) is 5.52 Å². The largest absolute Gasteiger partial charge is 0.478 e. The minimum Gasteiger partial charge on any atom is -0.478 e. The van der Waals surface area contributed by atoms with E-state index in [9.17, 15) is 24.8 Å². The molecule has 8 nitrogen and oxygen atoms in total. The van der Waals surface area contributed by atoms with Crippen molar-refractivity contribution in [1.29, 1.82) is 0 Å². The number of para-hydroxylation sites is 1. The van der Waals surface area contributed by atoms with Gasteiger partial charge < -0.3 is 9.84 Å². The fraction of sp³-hybridized carbons (Fsp3) is 0. The Morgan fingerprint density at radius 2 is 1.84 bits per heavy atom. The van der Waals surface area contributed by atoms with E-state index >= 15 is 0 Å². The van der Waals surface area contributed by atoms with Gasteiger partial charge in [-0.1, -0.05) is 18.2 Å². The van der Waals surface area contributed by atoms with Gasteiger partial charge in [0.1, 0.15) is 5.52 Å². The van der Waals surface area contributed by atoms with Crippen molar-refractivity contribution in [1.82, 2.24) is 4.98 Å². The van der Waals surface area contributed by atoms with Crippen molar-refractivity contribution < 1.29 is 24.4 Å². The molecular weight excluding hydrogens is 328 g/mol. The highest BCUT2D eigenvalue weighted by Crippen LogP contribution is 2.25. The first-order valence-electron chi connectivity index (χ1n) is 7.05. The predicted molar refractivity (Wildman–Crippen MR) is 86.8 cm³/mol. The molecule has 0 aliphatic rings. The van der Waals surface area contributed by atoms with Crippen LogP contribution < -0.4 is 4.74 Å². The molecule has 8 heteroatoms. The molecule has 2 aromatic carbocycles. The van der Waals surface area contributed by atoms with E-state index in [4.69, 9.17) is 4.74 Å². The van der Waals surface area contributed by atoms with Gasteiger partial charge in [-0.25, -0.2) is 9.59 Å². The third kappa shape index (κ3) is 3.13. The van der Waals surface area contributed by atoms with Crippen LogP contribution in [0.4, 0.5) is 5.69 Å². The van der Waals surface area contributed by atoms with E-state index in [1.54, 1.807) is 24.3 Å². The molecule has 0 spiro atoms. The molecule has 1 N–H and O–H groups in total. The van der Waals surface area contributed by atoms with E-state index in [2.05, 4.69) is 4.98 Å². The topological polar surface area (TPSA) is 120 Å². The third-order valence-corrected chi connectivity index (χ3v) is 3.46. The Bertz CT molecular complexity index is 1010. The minimum absolute atomic E-state index is 0.131. The number of benzene rings is 2. The summed E-state index contributed by atoms with van der Waals surface area (Å²) in [6, 6.07) is 11.3. The molecule has 0 radical (unpaired) electrons. The van der Waals surface area contributed by atoms with E-state index in [0.717, 1.165) is 23.6 Å². The number of carboxylic acids is 1. The lowest BCUT2D eigenvalue weighted by Gasteiger charge is -2.08. The molecule has 0 atom stereocenters. The summed E-state index contributed by atoms with van der Waals surface area (Å²) in [5.74, 6) is -2.27. The van der Waals surface area contributed by atoms with Gasteiger partial charge in [-0.2, -0.15) is 0 Å². The van der Waals surface area contributed by atoms with Crippen LogP contribution in [0.2, 0.25) is 0 Å². The summed E-state index contributed by atoms with van der Waals surface area (Å²) in [6.07, 6.45) is 1.52. The fourth-order valence-electron chi connectivity index (χ4n) is 2.31. The molecule has 1 aromatic heterocycles. The normalized spacial score (nSPS) is 10.4. The van der Waals surface area contributed by atoms with Crippen molar-refractivity contribution >= 4 is 28.5 Å². The van der Waals surface area contributed by atoms with E-state index < -0.39 is 28.1 Å². The maximum absolute atomic E-state index is 12.4. The Morgan fingerprint density at radius 3 is 2.56 bits per heavy atom. The Morgan fingerprint density at radius 1 is 1.08 bits per heavy atom. The van der Waals surface area contributed by atoms with Gasteiger partial charge in [0.05, 0.1) is 16.1 Å². The molecule has 3 aromatic rings. The molecule has 0 aliphatic heterocycles. The van der Waals surface area contributed by atoms with Crippen LogP contribution in [0.15, 0.2) is 54.7 Å². The van der Waals surface area contributed by atoms with Gasteiger partial charge in [0.25, 0.3) is 5.69 Å². The Kier molecular flexibility index (Phi) is 4.09. The molecule has 0 bridgehead atoms. The quantitative estimate of drug-likeness (QED) is 0.336. The van der Waals surface area contributed by atoms with Gasteiger partial charge >= 0.3 is 11.9 Å². The Balaban J connectivity index is 2.04. The molecule has 0 amide bonds. The number of esters is 1. The average Bonchev–Trinajstić information content (AvgIpc) is 2.61. The monoisotopic (exact) mass is 338 g/mol. The predicted octanol–water partition coefficient (Wildman–Crippen LogP) is 3.06. The van der Waals surface area contributed by atoms with Crippen LogP contribution in [-0.4, -0.2) is 27.0 Å². The highest BCUT2D eigenvalue weighted by Gasteiger charge is 2.22. The number of aromatic nitrogens is 1. The smallest absolute Gasteiger partial charge is 0.344 e. The summed E-state index contributed by atoms with van der Waals surface area (Å²) in [6.45, 7) is 0. The lowest BCUT2D eigenvalue weighted by Crippen LogP contribution is -2.15. The molecule has 3 rings (SSSR count). The SMILES string of the molecule is O=C(O)c1ccc([N+](=O)[O-])cc1C(=O)Oc1cccc2cccnc12. The number of hydrogen-bond acceptors (Lipinski definition) is 6. The van der Waals surface area contributed by atoms with Crippen LogP contribution in [-0.2, 0) is 0 Å². The average molecular weight is 338 g/mol. The lowest BCUT2D eigenvalue weighted by molar-refractivity contribution is -0.384. The summed E-state index contributed by atoms with van der Waals surface area (Å²) in [4.78, 5) is 38.0. The first kappa shape index (κ1) is 16.1. The van der Waals surface area contributed by atoms with Gasteiger partial charge in [-0.05, 0) is 18.2 Å². The zero-order chi connectivity index (χ0) is 18.0. The number of non-ortho nitro benzene ring substituents is 1. The number of nitrogens with zero attached hydrogens (tertiary/aromatic N) is 2. The van der Waals surface area contributed by atoms with Crippen molar-refractivity contribution in [3.8, 4) is 5.75 Å².